The molecule has 19 heavy (non-hydrogen) atoms. The van der Waals surface area contributed by atoms with Crippen molar-refractivity contribution in [1.29, 1.82) is 0 Å². The van der Waals surface area contributed by atoms with Crippen LogP contribution in [0.4, 0.5) is 0 Å². The van der Waals surface area contributed by atoms with E-state index in [2.05, 4.69) is 4.72 Å². The fourth-order valence-corrected chi connectivity index (χ4v) is 4.76. The Morgan fingerprint density at radius 1 is 1.21 bits per heavy atom. The lowest BCUT2D eigenvalue weighted by Gasteiger charge is -2.33. The molecule has 1 amide bonds. The highest BCUT2D eigenvalue weighted by Gasteiger charge is 2.34. The maximum Gasteiger partial charge on any atom is 0.222 e. The average Bonchev–Trinajstić information content (AvgIpc) is 2.90. The van der Waals surface area contributed by atoms with Crippen molar-refractivity contribution in [2.45, 2.75) is 63.2 Å². The normalized spacial score (nSPS) is 25.7. The molecule has 6 heteroatoms. The number of carbonyl (C=O) groups excluding carboxylic acids is 1. The van der Waals surface area contributed by atoms with E-state index in [1.165, 1.54) is 0 Å². The Labute approximate surface area is 115 Å². The van der Waals surface area contributed by atoms with Gasteiger partial charge in [0.15, 0.2) is 0 Å². The van der Waals surface area contributed by atoms with Crippen LogP contribution in [0.2, 0.25) is 0 Å². The van der Waals surface area contributed by atoms with Gasteiger partial charge in [-0.15, -0.1) is 0 Å². The van der Waals surface area contributed by atoms with Gasteiger partial charge in [-0.1, -0.05) is 19.8 Å². The number of amides is 1. The van der Waals surface area contributed by atoms with Crippen LogP contribution in [-0.2, 0) is 14.8 Å². The third kappa shape index (κ3) is 3.69. The van der Waals surface area contributed by atoms with E-state index in [9.17, 15) is 13.2 Å². The molecule has 0 bridgehead atoms. The van der Waals surface area contributed by atoms with Gasteiger partial charge in [0.05, 0.1) is 5.25 Å². The monoisotopic (exact) mass is 288 g/mol. The number of rotatable bonds is 4. The van der Waals surface area contributed by atoms with Crippen LogP contribution >= 0.6 is 0 Å². The first-order chi connectivity index (χ1) is 9.03. The summed E-state index contributed by atoms with van der Waals surface area (Å²) in [6.07, 6.45) is 6.00. The molecule has 5 nitrogen and oxygen atoms in total. The molecule has 1 aliphatic carbocycles. The van der Waals surface area contributed by atoms with E-state index >= 15 is 0 Å². The highest BCUT2D eigenvalue weighted by atomic mass is 32.2. The molecular formula is C13H24N2O3S. The summed E-state index contributed by atoms with van der Waals surface area (Å²) in [5.74, 6) is 0.0563. The van der Waals surface area contributed by atoms with Crippen LogP contribution in [0.25, 0.3) is 0 Å². The van der Waals surface area contributed by atoms with Crippen molar-refractivity contribution in [2.75, 3.05) is 13.1 Å². The summed E-state index contributed by atoms with van der Waals surface area (Å²) >= 11 is 0. The van der Waals surface area contributed by atoms with Crippen molar-refractivity contribution < 1.29 is 13.2 Å². The third-order valence-electron chi connectivity index (χ3n) is 4.16. The van der Waals surface area contributed by atoms with Crippen LogP contribution in [0.5, 0.6) is 0 Å². The molecule has 0 radical (unpaired) electrons. The largest absolute Gasteiger partial charge is 0.341 e. The molecule has 0 aromatic heterocycles. The predicted molar refractivity (Wildman–Crippen MR) is 74.2 cm³/mol. The van der Waals surface area contributed by atoms with Crippen LogP contribution in [0, 0.1) is 0 Å². The molecule has 1 unspecified atom stereocenters. The van der Waals surface area contributed by atoms with Crippen LogP contribution in [0.3, 0.4) is 0 Å². The Morgan fingerprint density at radius 3 is 2.53 bits per heavy atom. The summed E-state index contributed by atoms with van der Waals surface area (Å²) in [5, 5.41) is -0.433. The molecular weight excluding hydrogens is 264 g/mol. The smallest absolute Gasteiger partial charge is 0.222 e. The van der Waals surface area contributed by atoms with Gasteiger partial charge in [-0.25, -0.2) is 13.1 Å². The van der Waals surface area contributed by atoms with E-state index in [0.29, 0.717) is 25.9 Å². The van der Waals surface area contributed by atoms with Crippen molar-refractivity contribution >= 4 is 15.9 Å². The third-order valence-corrected chi connectivity index (χ3v) is 6.08. The topological polar surface area (TPSA) is 66.5 Å². The number of carbonyl (C=O) groups is 1. The predicted octanol–water partition coefficient (Wildman–Crippen LogP) is 1.25. The van der Waals surface area contributed by atoms with Gasteiger partial charge in [0.1, 0.15) is 0 Å². The Morgan fingerprint density at radius 2 is 1.89 bits per heavy atom. The van der Waals surface area contributed by atoms with Crippen LogP contribution in [0.15, 0.2) is 0 Å². The molecule has 1 heterocycles. The number of likely N-dealkylation sites (tertiary alicyclic amines) is 1. The molecule has 2 rings (SSSR count). The molecule has 1 N–H and O–H groups in total. The molecule has 1 aliphatic heterocycles. The van der Waals surface area contributed by atoms with E-state index in [1.807, 2.05) is 6.92 Å². The van der Waals surface area contributed by atoms with E-state index in [1.54, 1.807) is 4.90 Å². The standard InChI is InChI=1S/C13H24N2O3S/c1-2-13(16)15-9-5-8-12(10-15)19(17,18)14-11-6-3-4-7-11/h11-12,14H,2-10H2,1H3. The van der Waals surface area contributed by atoms with E-state index < -0.39 is 15.3 Å². The van der Waals surface area contributed by atoms with E-state index in [4.69, 9.17) is 0 Å². The van der Waals surface area contributed by atoms with Crippen LogP contribution < -0.4 is 4.72 Å². The number of nitrogens with zero attached hydrogens (tertiary/aromatic N) is 1. The minimum atomic E-state index is -3.29. The molecule has 0 spiro atoms. The van der Waals surface area contributed by atoms with Crippen LogP contribution in [-0.4, -0.2) is 43.6 Å². The second-order valence-corrected chi connectivity index (χ2v) is 7.59. The molecule has 2 aliphatic rings. The van der Waals surface area contributed by atoms with Gasteiger partial charge in [0.25, 0.3) is 0 Å². The maximum atomic E-state index is 12.3. The summed E-state index contributed by atoms with van der Waals surface area (Å²) in [6, 6.07) is 0.113. The zero-order valence-corrected chi connectivity index (χ0v) is 12.4. The maximum absolute atomic E-state index is 12.3. The fraction of sp³-hybridized carbons (Fsp3) is 0.923. The first-order valence-corrected chi connectivity index (χ1v) is 8.86. The second kappa shape index (κ2) is 6.22. The molecule has 1 atom stereocenters. The van der Waals surface area contributed by atoms with E-state index in [-0.39, 0.29) is 11.9 Å². The van der Waals surface area contributed by atoms with Gasteiger partial charge >= 0.3 is 0 Å². The Kier molecular flexibility index (Phi) is 4.84. The number of hydrogen-bond donors (Lipinski definition) is 1. The van der Waals surface area contributed by atoms with Crippen molar-refractivity contribution in [3.63, 3.8) is 0 Å². The van der Waals surface area contributed by atoms with Gasteiger partial charge in [-0.2, -0.15) is 0 Å². The van der Waals surface area contributed by atoms with E-state index in [0.717, 1.165) is 32.1 Å². The van der Waals surface area contributed by atoms with Crippen molar-refractivity contribution in [3.8, 4) is 0 Å². The highest BCUT2D eigenvalue weighted by Crippen LogP contribution is 2.22. The second-order valence-electron chi connectivity index (χ2n) is 5.60. The molecule has 1 saturated carbocycles. The summed E-state index contributed by atoms with van der Waals surface area (Å²) in [7, 11) is -3.29. The Bertz CT molecular complexity index is 416. The van der Waals surface area contributed by atoms with Gasteiger partial charge in [0.2, 0.25) is 15.9 Å². The average molecular weight is 288 g/mol. The van der Waals surface area contributed by atoms with Crippen molar-refractivity contribution in [3.05, 3.63) is 0 Å². The number of hydrogen-bond acceptors (Lipinski definition) is 3. The summed E-state index contributed by atoms with van der Waals surface area (Å²) in [4.78, 5) is 13.4. The highest BCUT2D eigenvalue weighted by molar-refractivity contribution is 7.90. The minimum absolute atomic E-state index is 0.0563. The fourth-order valence-electron chi connectivity index (χ4n) is 3.01. The number of sulfonamides is 1. The zero-order valence-electron chi connectivity index (χ0n) is 11.6. The molecule has 0 aromatic rings. The molecule has 110 valence electrons. The summed E-state index contributed by atoms with van der Waals surface area (Å²) in [5.41, 5.74) is 0. The molecule has 2 fully saturated rings. The lowest BCUT2D eigenvalue weighted by molar-refractivity contribution is -0.131. The molecule has 1 saturated heterocycles. The van der Waals surface area contributed by atoms with Gasteiger partial charge in [-0.05, 0) is 25.7 Å². The summed E-state index contributed by atoms with van der Waals surface area (Å²) in [6.45, 7) is 2.87. The van der Waals surface area contributed by atoms with Gasteiger partial charge in [-0.3, -0.25) is 4.79 Å². The SMILES string of the molecule is CCC(=O)N1CCCC(S(=O)(=O)NC2CCCC2)C1. The van der Waals surface area contributed by atoms with Gasteiger partial charge in [0, 0.05) is 25.6 Å². The lowest BCUT2D eigenvalue weighted by atomic mass is 10.1. The first-order valence-electron chi connectivity index (χ1n) is 7.32. The first kappa shape index (κ1) is 14.8. The van der Waals surface area contributed by atoms with Crippen LogP contribution in [0.1, 0.15) is 51.9 Å². The lowest BCUT2D eigenvalue weighted by Crippen LogP contribution is -2.49. The Hall–Kier alpha value is -0.620. The van der Waals surface area contributed by atoms with Gasteiger partial charge < -0.3 is 4.90 Å². The zero-order chi connectivity index (χ0) is 13.9. The van der Waals surface area contributed by atoms with Crippen molar-refractivity contribution in [1.82, 2.24) is 9.62 Å². The number of nitrogens with one attached hydrogen (secondary N) is 1. The molecule has 0 aromatic carbocycles. The van der Waals surface area contributed by atoms with Crippen molar-refractivity contribution in [2.24, 2.45) is 0 Å². The quantitative estimate of drug-likeness (QED) is 0.846. The number of piperidine rings is 1. The summed E-state index contributed by atoms with van der Waals surface area (Å²) < 4.78 is 27.5. The minimum Gasteiger partial charge on any atom is -0.341 e. The Balaban J connectivity index is 1.97.